The first-order valence-electron chi connectivity index (χ1n) is 8.22. The van der Waals surface area contributed by atoms with E-state index in [1.807, 2.05) is 6.92 Å². The fourth-order valence-electron chi connectivity index (χ4n) is 2.73. The fraction of sp³-hybridized carbons (Fsp3) is 0.0526. The Morgan fingerprint density at radius 2 is 1.82 bits per heavy atom. The average Bonchev–Trinajstić information content (AvgIpc) is 3.11. The third-order valence-corrected chi connectivity index (χ3v) is 5.83. The summed E-state index contributed by atoms with van der Waals surface area (Å²) in [5.41, 5.74) is 2.29. The standard InChI is InChI=1S/C19H14ClFN4O2S/c1-12-2-4-15(5-3-12)28(26,27)24-19-7-6-16(20)18-9-17(23-25(18)19)13-8-14(21)11-22-10-13/h2-11,24H,1H3. The second kappa shape index (κ2) is 6.88. The molecular weight excluding hydrogens is 403 g/mol. The Morgan fingerprint density at radius 1 is 1.07 bits per heavy atom. The van der Waals surface area contributed by atoms with Gasteiger partial charge in [0.25, 0.3) is 10.0 Å². The van der Waals surface area contributed by atoms with Crippen molar-refractivity contribution in [2.75, 3.05) is 4.72 Å². The molecule has 3 heterocycles. The monoisotopic (exact) mass is 416 g/mol. The van der Waals surface area contributed by atoms with Crippen LogP contribution < -0.4 is 4.72 Å². The van der Waals surface area contributed by atoms with Gasteiger partial charge in [-0.05, 0) is 43.3 Å². The van der Waals surface area contributed by atoms with Gasteiger partial charge in [-0.15, -0.1) is 0 Å². The summed E-state index contributed by atoms with van der Waals surface area (Å²) in [7, 11) is -3.82. The molecular formula is C19H14ClFN4O2S. The van der Waals surface area contributed by atoms with E-state index in [0.717, 1.165) is 11.8 Å². The predicted molar refractivity (Wildman–Crippen MR) is 105 cm³/mol. The quantitative estimate of drug-likeness (QED) is 0.538. The van der Waals surface area contributed by atoms with E-state index in [0.29, 0.717) is 21.8 Å². The van der Waals surface area contributed by atoms with Crippen LogP contribution in [-0.2, 0) is 10.0 Å². The summed E-state index contributed by atoms with van der Waals surface area (Å²) in [4.78, 5) is 3.94. The highest BCUT2D eigenvalue weighted by atomic mass is 35.5. The number of benzene rings is 1. The number of aryl methyl sites for hydroxylation is 1. The summed E-state index contributed by atoms with van der Waals surface area (Å²) in [6.07, 6.45) is 2.56. The van der Waals surface area contributed by atoms with E-state index in [-0.39, 0.29) is 10.7 Å². The number of nitrogens with one attached hydrogen (secondary N) is 1. The number of pyridine rings is 2. The van der Waals surface area contributed by atoms with E-state index < -0.39 is 15.8 Å². The Balaban J connectivity index is 1.79. The highest BCUT2D eigenvalue weighted by molar-refractivity contribution is 7.92. The number of anilines is 1. The molecule has 0 amide bonds. The highest BCUT2D eigenvalue weighted by Gasteiger charge is 2.18. The van der Waals surface area contributed by atoms with Crippen LogP contribution in [0, 0.1) is 12.7 Å². The van der Waals surface area contributed by atoms with Crippen LogP contribution in [0.2, 0.25) is 5.02 Å². The fourth-order valence-corrected chi connectivity index (χ4v) is 3.97. The normalized spacial score (nSPS) is 11.7. The molecule has 3 aromatic heterocycles. The van der Waals surface area contributed by atoms with Crippen LogP contribution in [0.25, 0.3) is 16.8 Å². The summed E-state index contributed by atoms with van der Waals surface area (Å²) >= 11 is 6.24. The predicted octanol–water partition coefficient (Wildman–Crippen LogP) is 4.30. The number of aromatic nitrogens is 3. The van der Waals surface area contributed by atoms with Crippen LogP contribution in [0.1, 0.15) is 5.56 Å². The van der Waals surface area contributed by atoms with Crippen molar-refractivity contribution in [3.05, 3.63) is 77.3 Å². The van der Waals surface area contributed by atoms with Crippen molar-refractivity contribution in [3.63, 3.8) is 0 Å². The van der Waals surface area contributed by atoms with E-state index in [9.17, 15) is 12.8 Å². The Hall–Kier alpha value is -2.97. The van der Waals surface area contributed by atoms with Crippen molar-refractivity contribution in [2.45, 2.75) is 11.8 Å². The minimum Gasteiger partial charge on any atom is -0.263 e. The lowest BCUT2D eigenvalue weighted by Crippen LogP contribution is -2.15. The molecule has 4 rings (SSSR count). The molecule has 28 heavy (non-hydrogen) atoms. The summed E-state index contributed by atoms with van der Waals surface area (Å²) in [6.45, 7) is 1.87. The number of hydrogen-bond acceptors (Lipinski definition) is 4. The van der Waals surface area contributed by atoms with Crippen molar-refractivity contribution in [1.29, 1.82) is 0 Å². The summed E-state index contributed by atoms with van der Waals surface area (Å²) in [6, 6.07) is 12.5. The SMILES string of the molecule is Cc1ccc(S(=O)(=O)Nc2ccc(Cl)c3cc(-c4cncc(F)c4)nn23)cc1. The Labute approximate surface area is 165 Å². The van der Waals surface area contributed by atoms with Crippen LogP contribution in [0.5, 0.6) is 0 Å². The van der Waals surface area contributed by atoms with Gasteiger partial charge in [-0.1, -0.05) is 29.3 Å². The maximum atomic E-state index is 13.5. The molecule has 0 unspecified atom stereocenters. The molecule has 1 N–H and O–H groups in total. The molecule has 0 saturated heterocycles. The van der Waals surface area contributed by atoms with Gasteiger partial charge in [0, 0.05) is 11.8 Å². The van der Waals surface area contributed by atoms with Crippen LogP contribution in [0.15, 0.2) is 65.8 Å². The third-order valence-electron chi connectivity index (χ3n) is 4.14. The molecule has 0 saturated carbocycles. The van der Waals surface area contributed by atoms with Gasteiger partial charge in [0.15, 0.2) is 0 Å². The molecule has 0 fully saturated rings. The number of fused-ring (bicyclic) bond motifs is 1. The average molecular weight is 417 g/mol. The topological polar surface area (TPSA) is 76.4 Å². The van der Waals surface area contributed by atoms with Crippen LogP contribution >= 0.6 is 11.6 Å². The second-order valence-corrected chi connectivity index (χ2v) is 8.29. The molecule has 0 aliphatic rings. The summed E-state index contributed by atoms with van der Waals surface area (Å²) in [5.74, 6) is -0.295. The van der Waals surface area contributed by atoms with Gasteiger partial charge in [-0.2, -0.15) is 5.10 Å². The smallest absolute Gasteiger partial charge is 0.263 e. The lowest BCUT2D eigenvalue weighted by atomic mass is 10.2. The molecule has 9 heteroatoms. The minimum absolute atomic E-state index is 0.128. The molecule has 4 aromatic rings. The second-order valence-electron chi connectivity index (χ2n) is 6.20. The van der Waals surface area contributed by atoms with E-state index in [1.54, 1.807) is 24.3 Å². The van der Waals surface area contributed by atoms with Gasteiger partial charge in [0.05, 0.1) is 27.3 Å². The molecule has 1 aromatic carbocycles. The van der Waals surface area contributed by atoms with Crippen molar-refractivity contribution < 1.29 is 12.8 Å². The summed E-state index contributed by atoms with van der Waals surface area (Å²) in [5, 5.41) is 4.75. The van der Waals surface area contributed by atoms with E-state index >= 15 is 0 Å². The molecule has 0 atom stereocenters. The zero-order chi connectivity index (χ0) is 19.9. The van der Waals surface area contributed by atoms with Gasteiger partial charge in [0.2, 0.25) is 0 Å². The number of sulfonamides is 1. The van der Waals surface area contributed by atoms with Gasteiger partial charge in [-0.3, -0.25) is 9.71 Å². The number of nitrogens with zero attached hydrogens (tertiary/aromatic N) is 3. The molecule has 6 nitrogen and oxygen atoms in total. The van der Waals surface area contributed by atoms with Crippen molar-refractivity contribution in [3.8, 4) is 11.3 Å². The van der Waals surface area contributed by atoms with Crippen molar-refractivity contribution >= 4 is 33.0 Å². The Bertz CT molecular complexity index is 1290. The van der Waals surface area contributed by atoms with E-state index in [2.05, 4.69) is 14.8 Å². The van der Waals surface area contributed by atoms with Crippen molar-refractivity contribution in [1.82, 2.24) is 14.6 Å². The highest BCUT2D eigenvalue weighted by Crippen LogP contribution is 2.28. The third kappa shape index (κ3) is 3.44. The molecule has 0 aliphatic heterocycles. The summed E-state index contributed by atoms with van der Waals surface area (Å²) < 4.78 is 42.8. The molecule has 0 aliphatic carbocycles. The maximum absolute atomic E-state index is 13.5. The maximum Gasteiger partial charge on any atom is 0.263 e. The van der Waals surface area contributed by atoms with Gasteiger partial charge in [-0.25, -0.2) is 17.3 Å². The van der Waals surface area contributed by atoms with Gasteiger partial charge in [0.1, 0.15) is 11.6 Å². The zero-order valence-electron chi connectivity index (χ0n) is 14.6. The number of hydrogen-bond donors (Lipinski definition) is 1. The first kappa shape index (κ1) is 18.4. The van der Waals surface area contributed by atoms with Crippen molar-refractivity contribution in [2.24, 2.45) is 0 Å². The molecule has 0 spiro atoms. The zero-order valence-corrected chi connectivity index (χ0v) is 16.2. The lowest BCUT2D eigenvalue weighted by Gasteiger charge is -2.10. The molecule has 142 valence electrons. The van der Waals surface area contributed by atoms with Gasteiger partial charge >= 0.3 is 0 Å². The minimum atomic E-state index is -3.82. The Morgan fingerprint density at radius 3 is 2.54 bits per heavy atom. The van der Waals surface area contributed by atoms with Crippen LogP contribution in [0.3, 0.4) is 0 Å². The lowest BCUT2D eigenvalue weighted by molar-refractivity contribution is 0.600. The molecule has 0 radical (unpaired) electrons. The number of rotatable bonds is 4. The largest absolute Gasteiger partial charge is 0.263 e. The Kier molecular flexibility index (Phi) is 4.52. The van der Waals surface area contributed by atoms with E-state index in [4.69, 9.17) is 11.6 Å². The molecule has 0 bridgehead atoms. The first-order chi connectivity index (χ1) is 13.3. The number of halogens is 2. The van der Waals surface area contributed by atoms with Crippen LogP contribution in [-0.4, -0.2) is 23.0 Å². The van der Waals surface area contributed by atoms with E-state index in [1.165, 1.54) is 35.0 Å². The van der Waals surface area contributed by atoms with Crippen LogP contribution in [0.4, 0.5) is 10.2 Å². The first-order valence-corrected chi connectivity index (χ1v) is 10.1. The van der Waals surface area contributed by atoms with Gasteiger partial charge < -0.3 is 0 Å².